The molecule has 0 aliphatic heterocycles. The van der Waals surface area contributed by atoms with Gasteiger partial charge < -0.3 is 9.47 Å². The summed E-state index contributed by atoms with van der Waals surface area (Å²) in [5.41, 5.74) is 12.5. The van der Waals surface area contributed by atoms with Gasteiger partial charge in [0.2, 0.25) is 37.0 Å². The highest BCUT2D eigenvalue weighted by molar-refractivity contribution is 6.30. The summed E-state index contributed by atoms with van der Waals surface area (Å²) in [7, 11) is 0. The van der Waals surface area contributed by atoms with E-state index in [0.717, 1.165) is 67.3 Å². The van der Waals surface area contributed by atoms with Crippen LogP contribution < -0.4 is 9.47 Å². The standard InChI is InChI=1S/C27H18ClN3.C23H26ClN3.C15H10ClN3O2.C15H10ClN3.C11H18ClN3.C3ClF2N3.C3H2ClN3/c28-27-30-25(23-15-7-13-21(17-23)19-9-3-1-4-10-19)29-26(31-27)24-16-8-14-22(18-24)20-11-5-2-6-12-20;1-22(2,3)17-11-7-15(8-12-17)19-25-20(27-21(24)26-19)16-9-13-18(14-10-16)23(4,5)6;16-13-17-14(20-11-7-3-1-4-8-11)19-15(18-13)21-12-9-5-2-6-10-12;16-15-18-13(11-7-3-1-4-8-11)17-14(19-15)12-9-5-2-6-10-12;1-10(2,3)7-13-8(11(4,5)6)15-9(12)14-7;4-1-7-2(5)9-3(6)8-1;4-3-6-1-5-2-7-3/h1-18H;7-14H,1-6H3;1-10H;1-10H;1-6H3;;1-2H. The van der Waals surface area contributed by atoms with Crippen LogP contribution in [0, 0.1) is 12.2 Å². The summed E-state index contributed by atoms with van der Waals surface area (Å²) in [5, 5.41) is 0.606. The fourth-order valence-corrected chi connectivity index (χ4v) is 12.3. The zero-order valence-corrected chi connectivity index (χ0v) is 77.1. The predicted octanol–water partition coefficient (Wildman–Crippen LogP) is 26.1. The molecule has 10 aromatic carbocycles. The number of hydrogen-bond acceptors (Lipinski definition) is 23. The second kappa shape index (κ2) is 45.5. The number of hydrogen-bond donors (Lipinski definition) is 0. The minimum atomic E-state index is -1.22. The first-order valence-corrected chi connectivity index (χ1v) is 42.4. The number of benzene rings is 10. The summed E-state index contributed by atoms with van der Waals surface area (Å²) in [4.78, 5) is 83.2. The number of ether oxygens (including phenoxy) is 2. The lowest BCUT2D eigenvalue weighted by Gasteiger charge is -2.21. The topological polar surface area (TPSA) is 289 Å². The average molecular weight is 1860 g/mol. The maximum atomic E-state index is 11.8. The van der Waals surface area contributed by atoms with Crippen LogP contribution in [0.25, 0.3) is 90.6 Å². The van der Waals surface area contributed by atoms with E-state index in [-0.39, 0.29) is 65.4 Å². The second-order valence-corrected chi connectivity index (χ2v) is 34.2. The molecule has 0 spiro atoms. The molecule has 0 saturated carbocycles. The second-order valence-electron chi connectivity index (χ2n) is 31.8. The van der Waals surface area contributed by atoms with Crippen LogP contribution in [0.1, 0.15) is 106 Å². The fraction of sp³-hybridized carbons (Fsp3) is 0.165. The van der Waals surface area contributed by atoms with E-state index in [9.17, 15) is 8.78 Å². The molecule has 0 fully saturated rings. The Bertz CT molecular complexity index is 6100. The van der Waals surface area contributed by atoms with E-state index in [0.29, 0.717) is 46.4 Å². The third-order valence-electron chi connectivity index (χ3n) is 17.8. The molecule has 0 amide bonds. The molecule has 0 atom stereocenters. The van der Waals surface area contributed by atoms with Gasteiger partial charge in [-0.2, -0.15) is 63.6 Å². The predicted molar refractivity (Wildman–Crippen MR) is 505 cm³/mol. The molecule has 0 bridgehead atoms. The lowest BCUT2D eigenvalue weighted by atomic mass is 9.86. The van der Waals surface area contributed by atoms with E-state index < -0.39 is 17.4 Å². The highest BCUT2D eigenvalue weighted by atomic mass is 35.5. The zero-order valence-electron chi connectivity index (χ0n) is 71.8. The van der Waals surface area contributed by atoms with E-state index in [2.05, 4.69) is 256 Å². The summed E-state index contributed by atoms with van der Waals surface area (Å²) in [6.07, 6.45) is 0.255. The summed E-state index contributed by atoms with van der Waals surface area (Å²) < 4.78 is 34.7. The largest absolute Gasteiger partial charge is 0.424 e. The first-order valence-electron chi connectivity index (χ1n) is 39.8. The van der Waals surface area contributed by atoms with Crippen molar-refractivity contribution < 1.29 is 18.3 Å². The van der Waals surface area contributed by atoms with Crippen molar-refractivity contribution in [2.75, 3.05) is 0 Å². The highest BCUT2D eigenvalue weighted by Gasteiger charge is 2.25. The zero-order chi connectivity index (χ0) is 92.3. The van der Waals surface area contributed by atoms with Crippen LogP contribution in [0.4, 0.5) is 8.78 Å². The number of halogens is 9. The van der Waals surface area contributed by atoms with Gasteiger partial charge in [-0.15, -0.1) is 4.98 Å². The molecule has 32 heteroatoms. The molecule has 0 N–H and O–H groups in total. The van der Waals surface area contributed by atoms with Crippen LogP contribution in [0.15, 0.2) is 292 Å². The smallest absolute Gasteiger partial charge is 0.329 e. The fourth-order valence-electron chi connectivity index (χ4n) is 11.3. The van der Waals surface area contributed by atoms with Crippen molar-refractivity contribution in [3.63, 3.8) is 0 Å². The van der Waals surface area contributed by atoms with E-state index in [1.54, 1.807) is 24.3 Å². The van der Waals surface area contributed by atoms with E-state index in [1.165, 1.54) is 23.8 Å². The molecular weight excluding hydrogens is 1780 g/mol. The Morgan fingerprint density at radius 2 is 0.481 bits per heavy atom. The third-order valence-corrected chi connectivity index (χ3v) is 19.0. The van der Waals surface area contributed by atoms with Crippen molar-refractivity contribution >= 4 is 81.2 Å². The van der Waals surface area contributed by atoms with Crippen molar-refractivity contribution in [3.05, 3.63) is 364 Å². The quantitative estimate of drug-likeness (QED) is 0.110. The molecule has 17 aromatic rings. The average Bonchev–Trinajstić information content (AvgIpc) is 0.788. The van der Waals surface area contributed by atoms with Crippen LogP contribution in [-0.2, 0) is 21.7 Å². The lowest BCUT2D eigenvalue weighted by molar-refractivity contribution is 0.397. The normalized spacial score (nSPS) is 11.0. The summed E-state index contributed by atoms with van der Waals surface area (Å²) in [5.74, 6) is 6.14. The van der Waals surface area contributed by atoms with Crippen LogP contribution in [0.3, 0.4) is 0 Å². The molecule has 23 nitrogen and oxygen atoms in total. The van der Waals surface area contributed by atoms with Crippen molar-refractivity contribution in [1.82, 2.24) is 105 Å². The Kier molecular flexibility index (Phi) is 34.0. The minimum Gasteiger partial charge on any atom is -0.424 e. The van der Waals surface area contributed by atoms with Gasteiger partial charge in [-0.05, 0) is 162 Å². The summed E-state index contributed by atoms with van der Waals surface area (Å²) >= 11 is 40.5. The van der Waals surface area contributed by atoms with E-state index in [4.69, 9.17) is 95.7 Å². The summed E-state index contributed by atoms with van der Waals surface area (Å²) in [6.45, 7) is 25.5. The molecule has 0 radical (unpaired) electrons. The molecule has 0 aliphatic rings. The van der Waals surface area contributed by atoms with Gasteiger partial charge in [0.1, 0.15) is 35.8 Å². The van der Waals surface area contributed by atoms with Gasteiger partial charge in [-0.25, -0.2) is 44.9 Å². The van der Waals surface area contributed by atoms with Crippen molar-refractivity contribution in [2.45, 2.75) is 105 Å². The first-order chi connectivity index (χ1) is 61.6. The van der Waals surface area contributed by atoms with Crippen LogP contribution in [0.5, 0.6) is 23.5 Å². The number of aromatic nitrogens is 21. The van der Waals surface area contributed by atoms with E-state index in [1.807, 2.05) is 182 Å². The van der Waals surface area contributed by atoms with Gasteiger partial charge in [-0.3, -0.25) is 0 Å². The Balaban J connectivity index is 0.000000152. The van der Waals surface area contributed by atoms with Gasteiger partial charge in [0.15, 0.2) is 34.9 Å². The number of para-hydroxylation sites is 2. The highest BCUT2D eigenvalue weighted by Crippen LogP contribution is 2.34. The maximum Gasteiger partial charge on any atom is 0.329 e. The molecule has 7 heterocycles. The first kappa shape index (κ1) is 96.4. The molecule has 0 aliphatic carbocycles. The van der Waals surface area contributed by atoms with Crippen LogP contribution in [0.2, 0.25) is 37.0 Å². The molecule has 17 rings (SSSR count). The van der Waals surface area contributed by atoms with Gasteiger partial charge in [0.05, 0.1) is 0 Å². The SMILES string of the molecule is CC(C)(C)c1ccc(-c2nc(Cl)nc(-c3ccc(C(C)(C)C)cc3)n2)cc1.CC(C)(C)c1nc(Cl)nc(C(C)(C)C)n1.Clc1nc(-c2cccc(-c3ccccc3)c2)nc(-c2cccc(-c3ccccc3)c2)n1.Clc1nc(-c2ccccc2)nc(-c2ccccc2)n1.Clc1nc(Oc2ccccc2)nc(Oc2ccccc2)n1.Clc1ncncn1.Fc1nc(F)nc(Cl)n1. The summed E-state index contributed by atoms with van der Waals surface area (Å²) in [6, 6.07) is 91.3. The Morgan fingerprint density at radius 1 is 0.217 bits per heavy atom. The van der Waals surface area contributed by atoms with Gasteiger partial charge >= 0.3 is 24.2 Å². The number of rotatable bonds is 12. The minimum absolute atomic E-state index is 0.00172. The van der Waals surface area contributed by atoms with Crippen LogP contribution >= 0.6 is 81.2 Å². The molecule has 129 heavy (non-hydrogen) atoms. The number of nitrogens with zero attached hydrogens (tertiary/aromatic N) is 21. The molecule has 0 unspecified atom stereocenters. The molecule has 652 valence electrons. The van der Waals surface area contributed by atoms with Crippen LogP contribution in [-0.4, -0.2) is 105 Å². The van der Waals surface area contributed by atoms with Gasteiger partial charge in [0.25, 0.3) is 0 Å². The lowest BCUT2D eigenvalue weighted by Crippen LogP contribution is -2.23. The monoisotopic (exact) mass is 1860 g/mol. The van der Waals surface area contributed by atoms with E-state index >= 15 is 0 Å². The third kappa shape index (κ3) is 30.5. The Hall–Kier alpha value is -13.2. The van der Waals surface area contributed by atoms with Gasteiger partial charge in [-0.1, -0.05) is 326 Å². The van der Waals surface area contributed by atoms with Crippen molar-refractivity contribution in [1.29, 1.82) is 0 Å². The van der Waals surface area contributed by atoms with Crippen molar-refractivity contribution in [3.8, 4) is 114 Å². The molecule has 7 aromatic heterocycles. The Labute approximate surface area is 781 Å². The van der Waals surface area contributed by atoms with Crippen molar-refractivity contribution in [2.24, 2.45) is 0 Å². The maximum absolute atomic E-state index is 11.8. The molecule has 0 saturated heterocycles. The Morgan fingerprint density at radius 3 is 0.775 bits per heavy atom. The molecular formula is C97H84Cl7F2N21O2. The van der Waals surface area contributed by atoms with Gasteiger partial charge in [0, 0.05) is 44.2 Å².